The maximum atomic E-state index is 12.6. The highest BCUT2D eigenvalue weighted by Crippen LogP contribution is 2.33. The second-order valence-electron chi connectivity index (χ2n) is 7.53. The zero-order valence-electron chi connectivity index (χ0n) is 17.3. The highest BCUT2D eigenvalue weighted by molar-refractivity contribution is 5.99. The third-order valence-electron chi connectivity index (χ3n) is 5.28. The van der Waals surface area contributed by atoms with Crippen LogP contribution in [0.25, 0.3) is 0 Å². The number of unbranched alkanes of at least 4 members (excludes halogenated alkanes) is 1. The van der Waals surface area contributed by atoms with Gasteiger partial charge in [-0.25, -0.2) is 4.79 Å². The minimum atomic E-state index is -0.372. The molecule has 0 unspecified atom stereocenters. The van der Waals surface area contributed by atoms with Crippen LogP contribution < -0.4 is 14.8 Å². The first kappa shape index (κ1) is 20.7. The largest absolute Gasteiger partial charge is 0.462 e. The van der Waals surface area contributed by atoms with E-state index >= 15 is 0 Å². The number of esters is 1. The van der Waals surface area contributed by atoms with Crippen LogP contribution in [-0.4, -0.2) is 49.2 Å². The molecule has 0 radical (unpaired) electrons. The Morgan fingerprint density at radius 1 is 1.03 bits per heavy atom. The van der Waals surface area contributed by atoms with E-state index in [1.165, 1.54) is 0 Å². The summed E-state index contributed by atoms with van der Waals surface area (Å²) in [5.74, 6) is 0.219. The molecule has 1 N–H and O–H groups in total. The van der Waals surface area contributed by atoms with Crippen molar-refractivity contribution < 1.29 is 28.6 Å². The molecule has 1 saturated heterocycles. The maximum absolute atomic E-state index is 12.6. The van der Waals surface area contributed by atoms with Gasteiger partial charge in [-0.1, -0.05) is 13.3 Å². The van der Waals surface area contributed by atoms with Gasteiger partial charge in [-0.3, -0.25) is 9.59 Å². The Morgan fingerprint density at radius 3 is 2.48 bits per heavy atom. The van der Waals surface area contributed by atoms with E-state index in [1.807, 2.05) is 6.92 Å². The third kappa shape index (κ3) is 4.63. The highest BCUT2D eigenvalue weighted by atomic mass is 16.7. The van der Waals surface area contributed by atoms with Gasteiger partial charge in [-0.15, -0.1) is 0 Å². The number of rotatable bonds is 7. The lowest BCUT2D eigenvalue weighted by Gasteiger charge is -2.38. The summed E-state index contributed by atoms with van der Waals surface area (Å²) in [6.07, 6.45) is 1.79. The molecule has 2 heterocycles. The molecule has 0 aliphatic carbocycles. The summed E-state index contributed by atoms with van der Waals surface area (Å²) in [7, 11) is 0. The van der Waals surface area contributed by atoms with Crippen molar-refractivity contribution in [2.45, 2.75) is 19.8 Å². The number of likely N-dealkylation sites (tertiary alicyclic amines) is 1. The van der Waals surface area contributed by atoms with E-state index in [0.29, 0.717) is 48.0 Å². The molecule has 1 fully saturated rings. The molecule has 8 nitrogen and oxygen atoms in total. The molecule has 2 aromatic rings. The summed E-state index contributed by atoms with van der Waals surface area (Å²) in [5, 5.41) is 2.83. The molecule has 4 rings (SSSR count). The van der Waals surface area contributed by atoms with Crippen molar-refractivity contribution in [3.05, 3.63) is 53.6 Å². The van der Waals surface area contributed by atoms with Crippen molar-refractivity contribution in [2.24, 2.45) is 5.92 Å². The zero-order chi connectivity index (χ0) is 21.8. The molecule has 2 amide bonds. The lowest BCUT2D eigenvalue weighted by atomic mass is 9.97. The minimum Gasteiger partial charge on any atom is -0.462 e. The smallest absolute Gasteiger partial charge is 0.338 e. The number of benzene rings is 2. The molecule has 0 spiro atoms. The standard InChI is InChI=1S/C23H24N2O6/c1-2-3-10-29-23(28)15-4-7-18(8-5-15)24-21(26)17-12-25(13-17)22(27)16-6-9-19-20(11-16)31-14-30-19/h4-9,11,17H,2-3,10,12-14H2,1H3,(H,24,26). The first-order chi connectivity index (χ1) is 15.0. The zero-order valence-corrected chi connectivity index (χ0v) is 17.3. The van der Waals surface area contributed by atoms with Gasteiger partial charge < -0.3 is 24.4 Å². The van der Waals surface area contributed by atoms with Gasteiger partial charge in [-0.2, -0.15) is 0 Å². The fourth-order valence-corrected chi connectivity index (χ4v) is 3.35. The van der Waals surface area contributed by atoms with E-state index in [1.54, 1.807) is 47.4 Å². The monoisotopic (exact) mass is 424 g/mol. The minimum absolute atomic E-state index is 0.145. The molecule has 2 aliphatic heterocycles. The Hall–Kier alpha value is -3.55. The van der Waals surface area contributed by atoms with Crippen LogP contribution in [0.3, 0.4) is 0 Å². The average molecular weight is 424 g/mol. The summed E-state index contributed by atoms with van der Waals surface area (Å²) in [6.45, 7) is 3.28. The first-order valence-electron chi connectivity index (χ1n) is 10.3. The first-order valence-corrected chi connectivity index (χ1v) is 10.3. The number of carbonyl (C=O) groups excluding carboxylic acids is 3. The van der Waals surface area contributed by atoms with Crippen LogP contribution in [0.2, 0.25) is 0 Å². The van der Waals surface area contributed by atoms with E-state index in [4.69, 9.17) is 14.2 Å². The van der Waals surface area contributed by atoms with Gasteiger partial charge in [-0.05, 0) is 48.9 Å². The van der Waals surface area contributed by atoms with Crippen molar-refractivity contribution in [1.82, 2.24) is 4.90 Å². The SMILES string of the molecule is CCCCOC(=O)c1ccc(NC(=O)C2CN(C(=O)c3ccc4c(c3)OCO4)C2)cc1. The molecular weight excluding hydrogens is 400 g/mol. The van der Waals surface area contributed by atoms with Crippen LogP contribution in [0, 0.1) is 5.92 Å². The second-order valence-corrected chi connectivity index (χ2v) is 7.53. The van der Waals surface area contributed by atoms with Crippen molar-refractivity contribution in [2.75, 3.05) is 31.8 Å². The number of nitrogens with zero attached hydrogens (tertiary/aromatic N) is 1. The van der Waals surface area contributed by atoms with Crippen molar-refractivity contribution in [3.63, 3.8) is 0 Å². The van der Waals surface area contributed by atoms with Crippen LogP contribution in [-0.2, 0) is 9.53 Å². The molecule has 0 aromatic heterocycles. The number of ether oxygens (including phenoxy) is 3. The van der Waals surface area contributed by atoms with Crippen LogP contribution in [0.4, 0.5) is 5.69 Å². The molecule has 2 aromatic carbocycles. The van der Waals surface area contributed by atoms with Crippen molar-refractivity contribution >= 4 is 23.5 Å². The summed E-state index contributed by atoms with van der Waals surface area (Å²) in [4.78, 5) is 38.6. The number of nitrogens with one attached hydrogen (secondary N) is 1. The third-order valence-corrected chi connectivity index (χ3v) is 5.28. The van der Waals surface area contributed by atoms with E-state index in [9.17, 15) is 14.4 Å². The Balaban J connectivity index is 1.26. The molecule has 162 valence electrons. The van der Waals surface area contributed by atoms with Gasteiger partial charge in [0.1, 0.15) is 0 Å². The predicted molar refractivity (Wildman–Crippen MR) is 112 cm³/mol. The average Bonchev–Trinajstić information content (AvgIpc) is 3.21. The topological polar surface area (TPSA) is 94.2 Å². The van der Waals surface area contributed by atoms with Crippen LogP contribution in [0.1, 0.15) is 40.5 Å². The van der Waals surface area contributed by atoms with Crippen LogP contribution in [0.5, 0.6) is 11.5 Å². The Kier molecular flexibility index (Phi) is 6.06. The van der Waals surface area contributed by atoms with E-state index in [-0.39, 0.29) is 30.5 Å². The lowest BCUT2D eigenvalue weighted by Crippen LogP contribution is -2.54. The number of hydrogen-bond donors (Lipinski definition) is 1. The van der Waals surface area contributed by atoms with Crippen LogP contribution in [0.15, 0.2) is 42.5 Å². The van der Waals surface area contributed by atoms with E-state index in [2.05, 4.69) is 5.32 Å². The molecular formula is C23H24N2O6. The fraction of sp³-hybridized carbons (Fsp3) is 0.348. The lowest BCUT2D eigenvalue weighted by molar-refractivity contribution is -0.123. The Labute approximate surface area is 180 Å². The number of hydrogen-bond acceptors (Lipinski definition) is 6. The normalized spacial score (nSPS) is 14.7. The molecule has 31 heavy (non-hydrogen) atoms. The van der Waals surface area contributed by atoms with E-state index in [0.717, 1.165) is 12.8 Å². The molecule has 0 saturated carbocycles. The van der Waals surface area contributed by atoms with Gasteiger partial charge in [0.05, 0.1) is 18.1 Å². The van der Waals surface area contributed by atoms with Crippen molar-refractivity contribution in [3.8, 4) is 11.5 Å². The number of amides is 2. The predicted octanol–water partition coefficient (Wildman–Crippen LogP) is 3.08. The summed E-state index contributed by atoms with van der Waals surface area (Å²) >= 11 is 0. The van der Waals surface area contributed by atoms with Gasteiger partial charge in [0.25, 0.3) is 5.91 Å². The number of carbonyl (C=O) groups is 3. The van der Waals surface area contributed by atoms with Crippen molar-refractivity contribution in [1.29, 1.82) is 0 Å². The number of anilines is 1. The second kappa shape index (κ2) is 9.07. The molecule has 2 aliphatic rings. The fourth-order valence-electron chi connectivity index (χ4n) is 3.35. The van der Waals surface area contributed by atoms with Gasteiger partial charge in [0.15, 0.2) is 11.5 Å². The summed E-state index contributed by atoms with van der Waals surface area (Å²) in [6, 6.07) is 11.7. The van der Waals surface area contributed by atoms with Crippen LogP contribution >= 0.6 is 0 Å². The Bertz CT molecular complexity index is 982. The van der Waals surface area contributed by atoms with Gasteiger partial charge >= 0.3 is 5.97 Å². The van der Waals surface area contributed by atoms with Gasteiger partial charge in [0, 0.05) is 24.3 Å². The maximum Gasteiger partial charge on any atom is 0.338 e. The molecule has 0 bridgehead atoms. The van der Waals surface area contributed by atoms with Gasteiger partial charge in [0.2, 0.25) is 12.7 Å². The molecule has 8 heteroatoms. The summed E-state index contributed by atoms with van der Waals surface area (Å²) in [5.41, 5.74) is 1.54. The highest BCUT2D eigenvalue weighted by Gasteiger charge is 2.36. The number of fused-ring (bicyclic) bond motifs is 1. The molecule has 0 atom stereocenters. The summed E-state index contributed by atoms with van der Waals surface area (Å²) < 4.78 is 15.7. The quantitative estimate of drug-likeness (QED) is 0.542. The van der Waals surface area contributed by atoms with E-state index < -0.39 is 0 Å². The Morgan fingerprint density at radius 2 is 1.74 bits per heavy atom.